The molecule has 0 aliphatic carbocycles. The number of hydrogen-bond acceptors (Lipinski definition) is 4. The number of halogens is 1. The Balaban J connectivity index is 0.00000220. The van der Waals surface area contributed by atoms with Crippen LogP contribution in [0.4, 0.5) is 0 Å². The van der Waals surface area contributed by atoms with Gasteiger partial charge in [0.15, 0.2) is 11.5 Å². The van der Waals surface area contributed by atoms with E-state index in [0.717, 1.165) is 17.1 Å². The van der Waals surface area contributed by atoms with Crippen LogP contribution in [0.1, 0.15) is 26.3 Å². The fourth-order valence-corrected chi connectivity index (χ4v) is 2.10. The summed E-state index contributed by atoms with van der Waals surface area (Å²) in [5.41, 5.74) is 6.96. The standard InChI is InChI=1S/C15H22N2O3.ClH/c1-4-17(15(18)14(16)10(2)3)8-11-5-6-12-13(7-11)20-9-19-12;/h5-7,10,14H,4,8-9,16H2,1-3H3;1H/t14-;/m1./s1. The van der Waals surface area contributed by atoms with Crippen LogP contribution in [-0.4, -0.2) is 30.2 Å². The molecule has 1 aromatic carbocycles. The second kappa shape index (κ2) is 7.52. The highest BCUT2D eigenvalue weighted by Crippen LogP contribution is 2.32. The quantitative estimate of drug-likeness (QED) is 0.904. The average molecular weight is 315 g/mol. The molecule has 118 valence electrons. The number of ether oxygens (including phenoxy) is 2. The number of benzene rings is 1. The van der Waals surface area contributed by atoms with E-state index in [0.29, 0.717) is 13.1 Å². The van der Waals surface area contributed by atoms with Crippen LogP contribution in [0, 0.1) is 5.92 Å². The smallest absolute Gasteiger partial charge is 0.240 e. The molecule has 1 heterocycles. The summed E-state index contributed by atoms with van der Waals surface area (Å²) in [6, 6.07) is 5.28. The van der Waals surface area contributed by atoms with Gasteiger partial charge in [-0.15, -0.1) is 12.4 Å². The molecule has 0 aromatic heterocycles. The Bertz CT molecular complexity index is 494. The predicted molar refractivity (Wildman–Crippen MR) is 83.7 cm³/mol. The van der Waals surface area contributed by atoms with Gasteiger partial charge in [0, 0.05) is 13.1 Å². The van der Waals surface area contributed by atoms with Crippen LogP contribution < -0.4 is 15.2 Å². The van der Waals surface area contributed by atoms with Gasteiger partial charge in [-0.05, 0) is 30.5 Å². The largest absolute Gasteiger partial charge is 0.454 e. The minimum atomic E-state index is -0.455. The monoisotopic (exact) mass is 314 g/mol. The molecule has 2 N–H and O–H groups in total. The number of likely N-dealkylation sites (N-methyl/N-ethyl adjacent to an activating group) is 1. The lowest BCUT2D eigenvalue weighted by atomic mass is 10.0. The summed E-state index contributed by atoms with van der Waals surface area (Å²) >= 11 is 0. The number of amides is 1. The van der Waals surface area contributed by atoms with Crippen LogP contribution in [0.25, 0.3) is 0 Å². The molecule has 0 radical (unpaired) electrons. The lowest BCUT2D eigenvalue weighted by Crippen LogP contribution is -2.46. The Hall–Kier alpha value is -1.46. The first-order valence-electron chi connectivity index (χ1n) is 6.95. The lowest BCUT2D eigenvalue weighted by Gasteiger charge is -2.26. The maximum atomic E-state index is 12.3. The van der Waals surface area contributed by atoms with E-state index >= 15 is 0 Å². The van der Waals surface area contributed by atoms with Crippen molar-refractivity contribution in [3.05, 3.63) is 23.8 Å². The predicted octanol–water partition coefficient (Wildman–Crippen LogP) is 2.17. The first-order valence-corrected chi connectivity index (χ1v) is 6.95. The Morgan fingerprint density at radius 2 is 2.00 bits per heavy atom. The lowest BCUT2D eigenvalue weighted by molar-refractivity contribution is -0.134. The molecule has 1 amide bonds. The van der Waals surface area contributed by atoms with Crippen LogP contribution >= 0.6 is 12.4 Å². The number of hydrogen-bond donors (Lipinski definition) is 1. The van der Waals surface area contributed by atoms with Gasteiger partial charge in [0.05, 0.1) is 6.04 Å². The minimum absolute atomic E-state index is 0. The molecule has 2 rings (SSSR count). The van der Waals surface area contributed by atoms with Crippen LogP contribution in [0.3, 0.4) is 0 Å². The zero-order valence-electron chi connectivity index (χ0n) is 12.7. The van der Waals surface area contributed by atoms with Gasteiger partial charge in [0.25, 0.3) is 0 Å². The van der Waals surface area contributed by atoms with E-state index < -0.39 is 6.04 Å². The Labute approximate surface area is 131 Å². The Morgan fingerprint density at radius 3 is 2.62 bits per heavy atom. The van der Waals surface area contributed by atoms with E-state index in [9.17, 15) is 4.79 Å². The van der Waals surface area contributed by atoms with E-state index in [1.807, 2.05) is 39.0 Å². The third kappa shape index (κ3) is 4.02. The van der Waals surface area contributed by atoms with Gasteiger partial charge in [0.2, 0.25) is 12.7 Å². The van der Waals surface area contributed by atoms with Crippen molar-refractivity contribution in [1.82, 2.24) is 4.90 Å². The summed E-state index contributed by atoms with van der Waals surface area (Å²) in [6.45, 7) is 7.29. The van der Waals surface area contributed by atoms with Gasteiger partial charge in [-0.3, -0.25) is 4.79 Å². The van der Waals surface area contributed by atoms with Crippen molar-refractivity contribution >= 4 is 18.3 Å². The number of rotatable bonds is 5. The molecule has 1 atom stereocenters. The Kier molecular flexibility index (Phi) is 6.30. The van der Waals surface area contributed by atoms with Gasteiger partial charge in [-0.25, -0.2) is 0 Å². The van der Waals surface area contributed by atoms with Gasteiger partial charge in [-0.1, -0.05) is 19.9 Å². The highest BCUT2D eigenvalue weighted by atomic mass is 35.5. The van der Waals surface area contributed by atoms with E-state index in [1.165, 1.54) is 0 Å². The van der Waals surface area contributed by atoms with Crippen molar-refractivity contribution in [1.29, 1.82) is 0 Å². The van der Waals surface area contributed by atoms with Gasteiger partial charge in [-0.2, -0.15) is 0 Å². The van der Waals surface area contributed by atoms with Crippen molar-refractivity contribution in [3.8, 4) is 11.5 Å². The average Bonchev–Trinajstić information content (AvgIpc) is 2.90. The fourth-order valence-electron chi connectivity index (χ4n) is 2.10. The molecule has 1 aliphatic rings. The summed E-state index contributed by atoms with van der Waals surface area (Å²) in [5, 5.41) is 0. The molecule has 5 nitrogen and oxygen atoms in total. The molecule has 1 aliphatic heterocycles. The van der Waals surface area contributed by atoms with Gasteiger partial charge < -0.3 is 20.1 Å². The maximum absolute atomic E-state index is 12.3. The molecular formula is C15H23ClN2O3. The van der Waals surface area contributed by atoms with Crippen molar-refractivity contribution in [2.75, 3.05) is 13.3 Å². The normalized spacial score (nSPS) is 13.8. The number of nitrogens with zero attached hydrogens (tertiary/aromatic N) is 1. The number of nitrogens with two attached hydrogens (primary N) is 1. The summed E-state index contributed by atoms with van der Waals surface area (Å²) < 4.78 is 10.6. The maximum Gasteiger partial charge on any atom is 0.240 e. The van der Waals surface area contributed by atoms with Crippen LogP contribution in [0.2, 0.25) is 0 Å². The first-order chi connectivity index (χ1) is 9.52. The molecular weight excluding hydrogens is 292 g/mol. The SMILES string of the molecule is CCN(Cc1ccc2c(c1)OCO2)C(=O)[C@H](N)C(C)C.Cl. The second-order valence-electron chi connectivity index (χ2n) is 5.31. The Morgan fingerprint density at radius 1 is 1.33 bits per heavy atom. The molecule has 1 aromatic rings. The highest BCUT2D eigenvalue weighted by molar-refractivity contribution is 5.85. The molecule has 0 fully saturated rings. The third-order valence-electron chi connectivity index (χ3n) is 3.51. The second-order valence-corrected chi connectivity index (χ2v) is 5.31. The van der Waals surface area contributed by atoms with E-state index in [4.69, 9.17) is 15.2 Å². The molecule has 0 bridgehead atoms. The molecule has 0 saturated heterocycles. The van der Waals surface area contributed by atoms with Crippen molar-refractivity contribution in [2.45, 2.75) is 33.4 Å². The van der Waals surface area contributed by atoms with E-state index in [2.05, 4.69) is 0 Å². The zero-order valence-corrected chi connectivity index (χ0v) is 13.5. The van der Waals surface area contributed by atoms with Crippen molar-refractivity contribution in [3.63, 3.8) is 0 Å². The molecule has 0 spiro atoms. The van der Waals surface area contributed by atoms with Crippen molar-refractivity contribution < 1.29 is 14.3 Å². The number of carbonyl (C=O) groups excluding carboxylic acids is 1. The molecule has 0 saturated carbocycles. The molecule has 0 unspecified atom stereocenters. The van der Waals surface area contributed by atoms with Gasteiger partial charge >= 0.3 is 0 Å². The summed E-state index contributed by atoms with van der Waals surface area (Å²) in [4.78, 5) is 14.1. The highest BCUT2D eigenvalue weighted by Gasteiger charge is 2.23. The molecule has 21 heavy (non-hydrogen) atoms. The first kappa shape index (κ1) is 17.6. The summed E-state index contributed by atoms with van der Waals surface area (Å²) in [5.74, 6) is 1.61. The van der Waals surface area contributed by atoms with Gasteiger partial charge in [0.1, 0.15) is 0 Å². The van der Waals surface area contributed by atoms with Crippen LogP contribution in [-0.2, 0) is 11.3 Å². The zero-order chi connectivity index (χ0) is 14.7. The van der Waals surface area contributed by atoms with E-state index in [-0.39, 0.29) is 31.0 Å². The number of carbonyl (C=O) groups is 1. The minimum Gasteiger partial charge on any atom is -0.454 e. The summed E-state index contributed by atoms with van der Waals surface area (Å²) in [6.07, 6.45) is 0. The number of fused-ring (bicyclic) bond motifs is 1. The fraction of sp³-hybridized carbons (Fsp3) is 0.533. The third-order valence-corrected chi connectivity index (χ3v) is 3.51. The van der Waals surface area contributed by atoms with Crippen molar-refractivity contribution in [2.24, 2.45) is 11.7 Å². The van der Waals surface area contributed by atoms with Crippen LogP contribution in [0.5, 0.6) is 11.5 Å². The molecule has 6 heteroatoms. The topological polar surface area (TPSA) is 64.8 Å². The van der Waals surface area contributed by atoms with Crippen LogP contribution in [0.15, 0.2) is 18.2 Å². The summed E-state index contributed by atoms with van der Waals surface area (Å²) in [7, 11) is 0. The van der Waals surface area contributed by atoms with E-state index in [1.54, 1.807) is 4.90 Å².